The molecule has 2 heteroatoms. The van der Waals surface area contributed by atoms with Crippen molar-refractivity contribution in [3.05, 3.63) is 41.6 Å². The lowest BCUT2D eigenvalue weighted by Crippen LogP contribution is -2.18. The fourth-order valence-corrected chi connectivity index (χ4v) is 1.17. The molecule has 2 nitrogen and oxygen atoms in total. The van der Waals surface area contributed by atoms with Gasteiger partial charge in [0, 0.05) is 5.56 Å². The Kier molecular flexibility index (Phi) is 1.40. The zero-order valence-corrected chi connectivity index (χ0v) is 5.91. The van der Waals surface area contributed by atoms with Crippen LogP contribution in [0.1, 0.15) is 17.4 Å². The number of nitrogens with one attached hydrogen (secondary N) is 1. The Hall–Kier alpha value is -1.28. The quantitative estimate of drug-likeness (QED) is 0.573. The summed E-state index contributed by atoms with van der Waals surface area (Å²) >= 11 is 0. The van der Waals surface area contributed by atoms with Crippen molar-refractivity contribution in [2.45, 2.75) is 6.23 Å². The molecule has 0 fully saturated rings. The first-order valence-electron chi connectivity index (χ1n) is 3.49. The number of benzene rings is 1. The topological polar surface area (TPSA) is 32.3 Å². The monoisotopic (exact) mass is 146 g/mol. The van der Waals surface area contributed by atoms with E-state index in [0.29, 0.717) is 0 Å². The van der Waals surface area contributed by atoms with Gasteiger partial charge in [-0.1, -0.05) is 24.3 Å². The van der Waals surface area contributed by atoms with Gasteiger partial charge in [-0.15, -0.1) is 0 Å². The molecule has 1 aromatic rings. The molecule has 1 atom stereocenters. The van der Waals surface area contributed by atoms with Gasteiger partial charge >= 0.3 is 0 Å². The van der Waals surface area contributed by atoms with Crippen LogP contribution in [0.5, 0.6) is 0 Å². The van der Waals surface area contributed by atoms with Gasteiger partial charge in [0.05, 0.1) is 6.20 Å². The molecule has 11 heavy (non-hydrogen) atoms. The van der Waals surface area contributed by atoms with E-state index in [1.165, 1.54) is 0 Å². The normalized spacial score (nSPS) is 20.6. The second-order valence-electron chi connectivity index (χ2n) is 2.46. The molecule has 0 aliphatic carbocycles. The van der Waals surface area contributed by atoms with Crippen molar-refractivity contribution in [2.75, 3.05) is 0 Å². The maximum Gasteiger partial charge on any atom is 0.151 e. The second-order valence-corrected chi connectivity index (χ2v) is 2.46. The number of fused-ring (bicyclic) bond motifs is 1. The second kappa shape index (κ2) is 2.40. The van der Waals surface area contributed by atoms with Gasteiger partial charge in [-0.25, -0.2) is 0 Å². The Morgan fingerprint density at radius 2 is 2.18 bits per heavy atom. The first kappa shape index (κ1) is 6.43. The Balaban J connectivity index is 2.54. The molecule has 1 aliphatic rings. The molecular weight excluding hydrogens is 138 g/mol. The van der Waals surface area contributed by atoms with E-state index in [2.05, 4.69) is 11.5 Å². The van der Waals surface area contributed by atoms with E-state index in [-0.39, 0.29) is 0 Å². The van der Waals surface area contributed by atoms with E-state index >= 15 is 0 Å². The van der Waals surface area contributed by atoms with E-state index < -0.39 is 6.23 Å². The highest BCUT2D eigenvalue weighted by atomic mass is 16.3. The lowest BCUT2D eigenvalue weighted by molar-refractivity contribution is 0.152. The Bertz CT molecular complexity index is 293. The van der Waals surface area contributed by atoms with Gasteiger partial charge in [-0.3, -0.25) is 0 Å². The van der Waals surface area contributed by atoms with E-state index in [1.807, 2.05) is 30.3 Å². The average molecular weight is 146 g/mol. The smallest absolute Gasteiger partial charge is 0.151 e. The van der Waals surface area contributed by atoms with E-state index in [4.69, 9.17) is 0 Å². The van der Waals surface area contributed by atoms with Gasteiger partial charge in [0.15, 0.2) is 6.23 Å². The van der Waals surface area contributed by atoms with Crippen molar-refractivity contribution in [3.63, 3.8) is 0 Å². The van der Waals surface area contributed by atoms with Gasteiger partial charge in [0.25, 0.3) is 0 Å². The summed E-state index contributed by atoms with van der Waals surface area (Å²) in [6.07, 6.45) is 3.99. The molecule has 0 saturated carbocycles. The molecule has 2 rings (SSSR count). The average Bonchev–Trinajstić information content (AvgIpc) is 2.06. The molecule has 1 aliphatic heterocycles. The van der Waals surface area contributed by atoms with Crippen LogP contribution in [0.3, 0.4) is 0 Å². The highest BCUT2D eigenvalue weighted by molar-refractivity contribution is 5.54. The van der Waals surface area contributed by atoms with Crippen LogP contribution < -0.4 is 5.32 Å². The molecule has 1 heterocycles. The lowest BCUT2D eigenvalue weighted by atomic mass is 10.0. The van der Waals surface area contributed by atoms with Crippen LogP contribution in [0.4, 0.5) is 0 Å². The van der Waals surface area contributed by atoms with E-state index in [1.54, 1.807) is 0 Å². The third-order valence-electron chi connectivity index (χ3n) is 1.74. The summed E-state index contributed by atoms with van der Waals surface area (Å²) in [5.74, 6) is 0. The first-order chi connectivity index (χ1) is 5.38. The molecule has 1 unspecified atom stereocenters. The van der Waals surface area contributed by atoms with Gasteiger partial charge in [0.2, 0.25) is 0 Å². The SMILES string of the molecule is OC1N[C]=Cc2ccccc21. The number of aliphatic hydroxyl groups excluding tert-OH is 1. The molecule has 0 aromatic heterocycles. The number of hydrogen-bond acceptors (Lipinski definition) is 2. The van der Waals surface area contributed by atoms with Crippen molar-refractivity contribution in [1.29, 1.82) is 0 Å². The summed E-state index contributed by atoms with van der Waals surface area (Å²) in [6, 6.07) is 7.69. The third kappa shape index (κ3) is 1.01. The Morgan fingerprint density at radius 3 is 3.00 bits per heavy atom. The molecule has 1 radical (unpaired) electrons. The largest absolute Gasteiger partial charge is 0.369 e. The number of aliphatic hydroxyl groups is 1. The molecule has 0 saturated heterocycles. The summed E-state index contributed by atoms with van der Waals surface area (Å²) < 4.78 is 0. The van der Waals surface area contributed by atoms with E-state index in [9.17, 15) is 5.11 Å². The van der Waals surface area contributed by atoms with Crippen LogP contribution in [0.2, 0.25) is 0 Å². The summed E-state index contributed by atoms with van der Waals surface area (Å²) in [4.78, 5) is 0. The minimum absolute atomic E-state index is 0.601. The minimum Gasteiger partial charge on any atom is -0.369 e. The highest BCUT2D eigenvalue weighted by Gasteiger charge is 2.11. The fraction of sp³-hybridized carbons (Fsp3) is 0.111. The minimum atomic E-state index is -0.601. The maximum absolute atomic E-state index is 9.37. The molecular formula is C9H8NO. The number of hydrogen-bond donors (Lipinski definition) is 2. The molecule has 0 bridgehead atoms. The molecule has 0 spiro atoms. The van der Waals surface area contributed by atoms with Gasteiger partial charge in [-0.2, -0.15) is 0 Å². The van der Waals surface area contributed by atoms with Crippen molar-refractivity contribution < 1.29 is 5.11 Å². The predicted molar refractivity (Wildman–Crippen MR) is 42.2 cm³/mol. The Morgan fingerprint density at radius 1 is 1.36 bits per heavy atom. The fourth-order valence-electron chi connectivity index (χ4n) is 1.17. The van der Waals surface area contributed by atoms with Crippen LogP contribution in [0.15, 0.2) is 24.3 Å². The molecule has 55 valence electrons. The standard InChI is InChI=1S/C9H8NO/c11-9-8-4-2-1-3-7(8)5-6-10-9/h1-5,9-11H. The Labute approximate surface area is 65.2 Å². The first-order valence-corrected chi connectivity index (χ1v) is 3.49. The van der Waals surface area contributed by atoms with E-state index in [0.717, 1.165) is 11.1 Å². The van der Waals surface area contributed by atoms with Crippen molar-refractivity contribution >= 4 is 6.08 Å². The number of rotatable bonds is 0. The summed E-state index contributed by atoms with van der Waals surface area (Å²) in [5, 5.41) is 12.1. The third-order valence-corrected chi connectivity index (χ3v) is 1.74. The van der Waals surface area contributed by atoms with Crippen molar-refractivity contribution in [3.8, 4) is 0 Å². The van der Waals surface area contributed by atoms with Gasteiger partial charge in [-0.05, 0) is 11.6 Å². The molecule has 1 aromatic carbocycles. The van der Waals surface area contributed by atoms with Crippen molar-refractivity contribution in [2.24, 2.45) is 0 Å². The predicted octanol–water partition coefficient (Wildman–Crippen LogP) is 1.05. The van der Waals surface area contributed by atoms with Gasteiger partial charge in [0.1, 0.15) is 0 Å². The van der Waals surface area contributed by atoms with Gasteiger partial charge < -0.3 is 10.4 Å². The van der Waals surface area contributed by atoms with Crippen LogP contribution in [-0.2, 0) is 0 Å². The van der Waals surface area contributed by atoms with Crippen LogP contribution in [0, 0.1) is 6.20 Å². The van der Waals surface area contributed by atoms with Crippen LogP contribution in [-0.4, -0.2) is 5.11 Å². The molecule has 2 N–H and O–H groups in total. The van der Waals surface area contributed by atoms with Crippen molar-refractivity contribution in [1.82, 2.24) is 5.32 Å². The zero-order valence-electron chi connectivity index (χ0n) is 5.91. The lowest BCUT2D eigenvalue weighted by Gasteiger charge is -2.17. The summed E-state index contributed by atoms with van der Waals surface area (Å²) in [7, 11) is 0. The summed E-state index contributed by atoms with van der Waals surface area (Å²) in [5.41, 5.74) is 1.94. The zero-order chi connectivity index (χ0) is 7.68. The van der Waals surface area contributed by atoms with Crippen LogP contribution >= 0.6 is 0 Å². The van der Waals surface area contributed by atoms with Crippen LogP contribution in [0.25, 0.3) is 6.08 Å². The maximum atomic E-state index is 9.37. The summed E-state index contributed by atoms with van der Waals surface area (Å²) in [6.45, 7) is 0. The highest BCUT2D eigenvalue weighted by Crippen LogP contribution is 2.19. The molecule has 0 amide bonds.